The average Bonchev–Trinajstić information content (AvgIpc) is 3.57. The standard InChI is InChI=1S/C28H25N5O2S2/c1-18-9-12-22(15-19(18)2)33-26(21-7-5-4-6-8-21)31-32-28(33)37-17-25(34)30-27-29-24(16-36-27)20-10-13-23(35-3)14-11-20/h4-16H,17H2,1-3H3,(H,29,30,34). The molecule has 0 atom stereocenters. The molecule has 2 heterocycles. The molecule has 0 fully saturated rings. The van der Waals surface area contributed by atoms with Gasteiger partial charge in [-0.05, 0) is 61.4 Å². The van der Waals surface area contributed by atoms with Crippen molar-refractivity contribution in [3.63, 3.8) is 0 Å². The van der Waals surface area contributed by atoms with Crippen LogP contribution in [0.15, 0.2) is 83.3 Å². The predicted molar refractivity (Wildman–Crippen MR) is 150 cm³/mol. The summed E-state index contributed by atoms with van der Waals surface area (Å²) in [5.41, 5.74) is 6.07. The molecule has 5 aromatic rings. The molecular formula is C28H25N5O2S2. The van der Waals surface area contributed by atoms with Crippen molar-refractivity contribution in [2.24, 2.45) is 0 Å². The molecule has 0 aliphatic rings. The van der Waals surface area contributed by atoms with E-state index < -0.39 is 0 Å². The van der Waals surface area contributed by atoms with Crippen molar-refractivity contribution in [3.8, 4) is 34.1 Å². The SMILES string of the molecule is COc1ccc(-c2csc(NC(=O)CSc3nnc(-c4ccccc4)n3-c3ccc(C)c(C)c3)n2)cc1. The summed E-state index contributed by atoms with van der Waals surface area (Å²) < 4.78 is 7.22. The molecule has 0 unspecified atom stereocenters. The maximum Gasteiger partial charge on any atom is 0.236 e. The molecule has 186 valence electrons. The topological polar surface area (TPSA) is 81.9 Å². The number of aryl methyl sites for hydroxylation is 2. The summed E-state index contributed by atoms with van der Waals surface area (Å²) in [6.45, 7) is 4.17. The number of benzene rings is 3. The van der Waals surface area contributed by atoms with Gasteiger partial charge in [-0.25, -0.2) is 4.98 Å². The normalized spacial score (nSPS) is 10.9. The molecule has 0 aliphatic carbocycles. The largest absolute Gasteiger partial charge is 0.497 e. The number of thioether (sulfide) groups is 1. The van der Waals surface area contributed by atoms with Gasteiger partial charge in [0.2, 0.25) is 5.91 Å². The van der Waals surface area contributed by atoms with Crippen molar-refractivity contribution < 1.29 is 9.53 Å². The number of ether oxygens (including phenoxy) is 1. The van der Waals surface area contributed by atoms with Crippen LogP contribution in [-0.4, -0.2) is 38.5 Å². The van der Waals surface area contributed by atoms with Crippen LogP contribution in [-0.2, 0) is 4.79 Å². The average molecular weight is 528 g/mol. The Hall–Kier alpha value is -3.95. The van der Waals surface area contributed by atoms with Crippen LogP contribution >= 0.6 is 23.1 Å². The maximum absolute atomic E-state index is 12.8. The van der Waals surface area contributed by atoms with Crippen molar-refractivity contribution in [2.45, 2.75) is 19.0 Å². The van der Waals surface area contributed by atoms with Crippen LogP contribution in [0, 0.1) is 13.8 Å². The minimum absolute atomic E-state index is 0.156. The molecule has 0 spiro atoms. The van der Waals surface area contributed by atoms with Crippen molar-refractivity contribution in [1.82, 2.24) is 19.7 Å². The molecule has 0 bridgehead atoms. The molecule has 0 saturated carbocycles. The van der Waals surface area contributed by atoms with Gasteiger partial charge in [0.05, 0.1) is 24.2 Å². The van der Waals surface area contributed by atoms with Gasteiger partial charge in [-0.3, -0.25) is 9.36 Å². The summed E-state index contributed by atoms with van der Waals surface area (Å²) in [4.78, 5) is 17.4. The summed E-state index contributed by atoms with van der Waals surface area (Å²) >= 11 is 2.73. The highest BCUT2D eigenvalue weighted by Crippen LogP contribution is 2.30. The third-order valence-corrected chi connectivity index (χ3v) is 7.57. The van der Waals surface area contributed by atoms with E-state index in [4.69, 9.17) is 4.74 Å². The number of amides is 1. The van der Waals surface area contributed by atoms with Crippen LogP contribution in [0.2, 0.25) is 0 Å². The first-order valence-electron chi connectivity index (χ1n) is 11.6. The summed E-state index contributed by atoms with van der Waals surface area (Å²) in [6, 6.07) is 23.9. The Kier molecular flexibility index (Phi) is 7.34. The number of hydrogen-bond acceptors (Lipinski definition) is 7. The van der Waals surface area contributed by atoms with Gasteiger partial charge in [-0.2, -0.15) is 0 Å². The number of carbonyl (C=O) groups is 1. The molecule has 9 heteroatoms. The van der Waals surface area contributed by atoms with Crippen molar-refractivity contribution in [3.05, 3.63) is 89.3 Å². The lowest BCUT2D eigenvalue weighted by molar-refractivity contribution is -0.113. The van der Waals surface area contributed by atoms with E-state index in [1.54, 1.807) is 7.11 Å². The molecule has 1 amide bonds. The number of thiazole rings is 1. The van der Waals surface area contributed by atoms with Crippen LogP contribution in [0.3, 0.4) is 0 Å². The second kappa shape index (κ2) is 11.0. The summed E-state index contributed by atoms with van der Waals surface area (Å²) in [5.74, 6) is 1.54. The van der Waals surface area contributed by atoms with Gasteiger partial charge in [0.15, 0.2) is 16.1 Å². The van der Waals surface area contributed by atoms with E-state index in [1.165, 1.54) is 34.2 Å². The Balaban J connectivity index is 1.33. The molecule has 0 saturated heterocycles. The molecular weight excluding hydrogens is 502 g/mol. The van der Waals surface area contributed by atoms with Gasteiger partial charge in [-0.1, -0.05) is 48.2 Å². The summed E-state index contributed by atoms with van der Waals surface area (Å²) in [6.07, 6.45) is 0. The zero-order valence-corrected chi connectivity index (χ0v) is 22.3. The Morgan fingerprint density at radius 3 is 2.49 bits per heavy atom. The Morgan fingerprint density at radius 2 is 1.76 bits per heavy atom. The van der Waals surface area contributed by atoms with E-state index in [1.807, 2.05) is 64.5 Å². The van der Waals surface area contributed by atoms with E-state index >= 15 is 0 Å². The second-order valence-electron chi connectivity index (χ2n) is 8.38. The van der Waals surface area contributed by atoms with Gasteiger partial charge in [0.1, 0.15) is 5.75 Å². The first kappa shape index (κ1) is 24.7. The number of hydrogen-bond donors (Lipinski definition) is 1. The van der Waals surface area contributed by atoms with Crippen LogP contribution in [0.1, 0.15) is 11.1 Å². The van der Waals surface area contributed by atoms with E-state index in [0.29, 0.717) is 10.3 Å². The lowest BCUT2D eigenvalue weighted by Gasteiger charge is -2.12. The Labute approximate surface area is 223 Å². The molecule has 0 aliphatic heterocycles. The Bertz CT molecular complexity index is 1530. The van der Waals surface area contributed by atoms with E-state index in [9.17, 15) is 4.79 Å². The van der Waals surface area contributed by atoms with E-state index in [-0.39, 0.29) is 11.7 Å². The predicted octanol–water partition coefficient (Wildman–Crippen LogP) is 6.41. The van der Waals surface area contributed by atoms with Crippen molar-refractivity contribution in [1.29, 1.82) is 0 Å². The Morgan fingerprint density at radius 1 is 0.973 bits per heavy atom. The number of nitrogens with one attached hydrogen (secondary N) is 1. The number of rotatable bonds is 8. The first-order valence-corrected chi connectivity index (χ1v) is 13.5. The van der Waals surface area contributed by atoms with Crippen LogP contribution in [0.25, 0.3) is 28.3 Å². The fourth-order valence-corrected chi connectivity index (χ4v) is 5.23. The number of nitrogens with zero attached hydrogens (tertiary/aromatic N) is 4. The van der Waals surface area contributed by atoms with Gasteiger partial charge in [-0.15, -0.1) is 21.5 Å². The number of methoxy groups -OCH3 is 1. The minimum atomic E-state index is -0.156. The highest BCUT2D eigenvalue weighted by molar-refractivity contribution is 7.99. The quantitative estimate of drug-likeness (QED) is 0.235. The summed E-state index contributed by atoms with van der Waals surface area (Å²) in [5, 5.41) is 14.9. The van der Waals surface area contributed by atoms with Gasteiger partial charge in [0, 0.05) is 16.5 Å². The lowest BCUT2D eigenvalue weighted by atomic mass is 10.1. The highest BCUT2D eigenvalue weighted by Gasteiger charge is 2.18. The smallest absolute Gasteiger partial charge is 0.236 e. The zero-order valence-electron chi connectivity index (χ0n) is 20.6. The molecule has 5 rings (SSSR count). The monoisotopic (exact) mass is 527 g/mol. The molecule has 0 radical (unpaired) electrons. The number of carbonyl (C=O) groups excluding carboxylic acids is 1. The van der Waals surface area contributed by atoms with Crippen LogP contribution in [0.4, 0.5) is 5.13 Å². The van der Waals surface area contributed by atoms with Crippen LogP contribution in [0.5, 0.6) is 5.75 Å². The molecule has 2 aromatic heterocycles. The highest BCUT2D eigenvalue weighted by atomic mass is 32.2. The van der Waals surface area contributed by atoms with E-state index in [2.05, 4.69) is 52.5 Å². The van der Waals surface area contributed by atoms with Gasteiger partial charge >= 0.3 is 0 Å². The van der Waals surface area contributed by atoms with Crippen molar-refractivity contribution in [2.75, 3.05) is 18.2 Å². The minimum Gasteiger partial charge on any atom is -0.497 e. The number of aromatic nitrogens is 4. The van der Waals surface area contributed by atoms with Crippen LogP contribution < -0.4 is 10.1 Å². The third-order valence-electron chi connectivity index (χ3n) is 5.88. The second-order valence-corrected chi connectivity index (χ2v) is 10.2. The lowest BCUT2D eigenvalue weighted by Crippen LogP contribution is -2.14. The van der Waals surface area contributed by atoms with Gasteiger partial charge in [0.25, 0.3) is 0 Å². The third kappa shape index (κ3) is 5.58. The zero-order chi connectivity index (χ0) is 25.8. The maximum atomic E-state index is 12.8. The van der Waals surface area contributed by atoms with Gasteiger partial charge < -0.3 is 10.1 Å². The molecule has 7 nitrogen and oxygen atoms in total. The summed E-state index contributed by atoms with van der Waals surface area (Å²) in [7, 11) is 1.64. The molecule has 37 heavy (non-hydrogen) atoms. The molecule has 3 aromatic carbocycles. The van der Waals surface area contributed by atoms with Crippen molar-refractivity contribution >= 4 is 34.1 Å². The first-order chi connectivity index (χ1) is 18.0. The fraction of sp³-hybridized carbons (Fsp3) is 0.143. The fourth-order valence-electron chi connectivity index (χ4n) is 3.75. The van der Waals surface area contributed by atoms with E-state index in [0.717, 1.165) is 34.1 Å². The number of anilines is 1. The molecule has 1 N–H and O–H groups in total.